The largest absolute Gasteiger partial charge is 0.508 e. The molecule has 0 saturated carbocycles. The minimum absolute atomic E-state index is 0.122. The van der Waals surface area contributed by atoms with Gasteiger partial charge in [-0.1, -0.05) is 30.9 Å². The number of nitrogen functional groups attached to an aromatic ring is 2. The number of benzene rings is 2. The number of allylic oxidation sites excluding steroid dienone is 1. The van der Waals surface area contributed by atoms with E-state index >= 15 is 0 Å². The molecular weight excluding hydrogens is 304 g/mol. The number of carbonyl (C=O) groups is 1. The Balaban J connectivity index is 0.000000300. The van der Waals surface area contributed by atoms with E-state index < -0.39 is 5.97 Å². The molecule has 5 nitrogen and oxygen atoms in total. The van der Waals surface area contributed by atoms with Crippen LogP contribution >= 0.6 is 0 Å². The molecule has 0 saturated heterocycles. The fourth-order valence-corrected chi connectivity index (χ4v) is 1.83. The lowest BCUT2D eigenvalue weighted by molar-refractivity contribution is 0.0548. The third-order valence-electron chi connectivity index (χ3n) is 3.00. The number of hydrogen-bond donors (Lipinski definition) is 3. The van der Waals surface area contributed by atoms with Crippen LogP contribution in [-0.4, -0.2) is 17.7 Å². The maximum Gasteiger partial charge on any atom is 0.338 e. The predicted octanol–water partition coefficient (Wildman–Crippen LogP) is 3.31. The molecule has 0 spiro atoms. The average Bonchev–Trinajstić information content (AvgIpc) is 2.56. The lowest BCUT2D eigenvalue weighted by Crippen LogP contribution is -2.08. The highest BCUT2D eigenvalue weighted by Crippen LogP contribution is 2.18. The van der Waals surface area contributed by atoms with Crippen LogP contribution in [0.2, 0.25) is 0 Å². The number of carbonyl (C=O) groups excluding carboxylic acids is 1. The van der Waals surface area contributed by atoms with E-state index in [1.54, 1.807) is 24.3 Å². The van der Waals surface area contributed by atoms with Crippen molar-refractivity contribution in [3.05, 3.63) is 78.9 Å². The Morgan fingerprint density at radius 2 is 1.71 bits per heavy atom. The van der Waals surface area contributed by atoms with Crippen LogP contribution in [0.15, 0.2) is 67.8 Å². The minimum Gasteiger partial charge on any atom is -0.508 e. The smallest absolute Gasteiger partial charge is 0.338 e. The summed E-state index contributed by atoms with van der Waals surface area (Å²) in [5.41, 5.74) is 13.2. The van der Waals surface area contributed by atoms with Crippen molar-refractivity contribution in [3.8, 4) is 5.75 Å². The maximum atomic E-state index is 11.6. The van der Waals surface area contributed by atoms with E-state index in [1.165, 1.54) is 18.2 Å². The number of esters is 1. The molecule has 2 aromatic carbocycles. The molecule has 2 rings (SSSR count). The van der Waals surface area contributed by atoms with Crippen molar-refractivity contribution >= 4 is 17.3 Å². The SMILES string of the molecule is C=CCOC(=O)c1ccc(O)cc1CC=C.Nc1ccccc1N. The zero-order chi connectivity index (χ0) is 17.9. The molecular formula is C19H22N2O3. The van der Waals surface area contributed by atoms with Gasteiger partial charge in [0.05, 0.1) is 16.9 Å². The van der Waals surface area contributed by atoms with Crippen LogP contribution in [0.4, 0.5) is 11.4 Å². The van der Waals surface area contributed by atoms with Crippen LogP contribution in [0.25, 0.3) is 0 Å². The number of phenols is 1. The number of ether oxygens (including phenoxy) is 1. The molecule has 0 aromatic heterocycles. The first-order valence-corrected chi connectivity index (χ1v) is 7.30. The second kappa shape index (κ2) is 9.74. The van der Waals surface area contributed by atoms with Crippen molar-refractivity contribution in [2.45, 2.75) is 6.42 Å². The summed E-state index contributed by atoms with van der Waals surface area (Å²) < 4.78 is 4.93. The zero-order valence-electron chi connectivity index (χ0n) is 13.4. The molecule has 0 atom stereocenters. The van der Waals surface area contributed by atoms with Crippen LogP contribution in [-0.2, 0) is 11.2 Å². The lowest BCUT2D eigenvalue weighted by Gasteiger charge is -2.07. The van der Waals surface area contributed by atoms with Crippen LogP contribution in [0, 0.1) is 0 Å². The van der Waals surface area contributed by atoms with E-state index in [2.05, 4.69) is 13.2 Å². The molecule has 5 heteroatoms. The first-order valence-electron chi connectivity index (χ1n) is 7.30. The first-order chi connectivity index (χ1) is 11.5. The highest BCUT2D eigenvalue weighted by atomic mass is 16.5. The van der Waals surface area contributed by atoms with Crippen molar-refractivity contribution in [1.29, 1.82) is 0 Å². The van der Waals surface area contributed by atoms with E-state index in [4.69, 9.17) is 16.2 Å². The quantitative estimate of drug-likeness (QED) is 0.445. The molecule has 0 aliphatic carbocycles. The van der Waals surface area contributed by atoms with E-state index in [0.717, 1.165) is 0 Å². The number of nitrogens with two attached hydrogens (primary N) is 2. The molecule has 5 N–H and O–H groups in total. The van der Waals surface area contributed by atoms with Gasteiger partial charge in [-0.3, -0.25) is 0 Å². The van der Waals surface area contributed by atoms with Crippen molar-refractivity contribution < 1.29 is 14.6 Å². The Kier molecular flexibility index (Phi) is 7.64. The molecule has 2 aromatic rings. The van der Waals surface area contributed by atoms with E-state index in [-0.39, 0.29) is 12.4 Å². The number of anilines is 2. The highest BCUT2D eigenvalue weighted by molar-refractivity contribution is 5.91. The normalized spacial score (nSPS) is 9.33. The second-order valence-electron chi connectivity index (χ2n) is 4.85. The van der Waals surface area contributed by atoms with Gasteiger partial charge in [0.1, 0.15) is 12.4 Å². The Bertz CT molecular complexity index is 691. The monoisotopic (exact) mass is 326 g/mol. The summed E-state index contributed by atoms with van der Waals surface area (Å²) in [6.45, 7) is 7.24. The lowest BCUT2D eigenvalue weighted by atomic mass is 10.0. The van der Waals surface area contributed by atoms with Crippen molar-refractivity contribution in [1.82, 2.24) is 0 Å². The Morgan fingerprint density at radius 3 is 2.21 bits per heavy atom. The van der Waals surface area contributed by atoms with Crippen LogP contribution in [0.1, 0.15) is 15.9 Å². The van der Waals surface area contributed by atoms with E-state index in [1.807, 2.05) is 12.1 Å². The summed E-state index contributed by atoms with van der Waals surface area (Å²) >= 11 is 0. The number of aromatic hydroxyl groups is 1. The molecule has 0 bridgehead atoms. The minimum atomic E-state index is -0.420. The van der Waals surface area contributed by atoms with Crippen molar-refractivity contribution in [2.24, 2.45) is 0 Å². The average molecular weight is 326 g/mol. The van der Waals surface area contributed by atoms with Gasteiger partial charge in [0, 0.05) is 0 Å². The van der Waals surface area contributed by atoms with Crippen LogP contribution < -0.4 is 11.5 Å². The Hall–Kier alpha value is -3.21. The van der Waals surface area contributed by atoms with Crippen molar-refractivity contribution in [2.75, 3.05) is 18.1 Å². The van der Waals surface area contributed by atoms with Gasteiger partial charge in [0.25, 0.3) is 0 Å². The van der Waals surface area contributed by atoms with Gasteiger partial charge >= 0.3 is 5.97 Å². The summed E-state index contributed by atoms with van der Waals surface area (Å²) in [6.07, 6.45) is 3.68. The van der Waals surface area contributed by atoms with Crippen LogP contribution in [0.3, 0.4) is 0 Å². The van der Waals surface area contributed by atoms with Gasteiger partial charge in [0.2, 0.25) is 0 Å². The van der Waals surface area contributed by atoms with Gasteiger partial charge in [-0.15, -0.1) is 6.58 Å². The fourth-order valence-electron chi connectivity index (χ4n) is 1.83. The number of rotatable bonds is 5. The molecule has 0 radical (unpaired) electrons. The highest BCUT2D eigenvalue weighted by Gasteiger charge is 2.11. The molecule has 24 heavy (non-hydrogen) atoms. The predicted molar refractivity (Wildman–Crippen MR) is 97.8 cm³/mol. The topological polar surface area (TPSA) is 98.6 Å². The summed E-state index contributed by atoms with van der Waals surface area (Å²) in [6, 6.07) is 11.8. The Morgan fingerprint density at radius 1 is 1.08 bits per heavy atom. The fraction of sp³-hybridized carbons (Fsp3) is 0.105. The van der Waals surface area contributed by atoms with Crippen LogP contribution in [0.5, 0.6) is 5.75 Å². The van der Waals surface area contributed by atoms with Gasteiger partial charge in [0.15, 0.2) is 0 Å². The van der Waals surface area contributed by atoms with Crippen molar-refractivity contribution in [3.63, 3.8) is 0 Å². The third-order valence-corrected chi connectivity index (χ3v) is 3.00. The second-order valence-corrected chi connectivity index (χ2v) is 4.85. The standard InChI is InChI=1S/C13H14O3.C6H8N2/c1-3-5-10-9-11(14)6-7-12(10)13(15)16-8-4-2;7-5-3-1-2-4-6(5)8/h3-4,6-7,9,14H,1-2,5,8H2;1-4H,7-8H2. The van der Waals surface area contributed by atoms with Gasteiger partial charge in [-0.2, -0.15) is 0 Å². The maximum absolute atomic E-state index is 11.6. The third kappa shape index (κ3) is 5.88. The van der Waals surface area contributed by atoms with Gasteiger partial charge in [-0.05, 0) is 42.3 Å². The van der Waals surface area contributed by atoms with E-state index in [0.29, 0.717) is 28.9 Å². The molecule has 126 valence electrons. The number of hydrogen-bond acceptors (Lipinski definition) is 5. The summed E-state index contributed by atoms with van der Waals surface area (Å²) in [7, 11) is 0. The van der Waals surface area contributed by atoms with Gasteiger partial charge in [-0.25, -0.2) is 4.79 Å². The first kappa shape index (κ1) is 18.8. The van der Waals surface area contributed by atoms with Gasteiger partial charge < -0.3 is 21.3 Å². The number of para-hydroxylation sites is 2. The molecule has 0 amide bonds. The number of phenolic OH excluding ortho intramolecular Hbond substituents is 1. The molecule has 0 fully saturated rings. The molecule has 0 unspecified atom stereocenters. The summed E-state index contributed by atoms with van der Waals surface area (Å²) in [4.78, 5) is 11.6. The molecule has 0 aliphatic heterocycles. The molecule has 0 aliphatic rings. The molecule has 0 heterocycles. The summed E-state index contributed by atoms with van der Waals surface area (Å²) in [5.74, 6) is -0.297. The summed E-state index contributed by atoms with van der Waals surface area (Å²) in [5, 5.41) is 9.32. The zero-order valence-corrected chi connectivity index (χ0v) is 13.4. The van der Waals surface area contributed by atoms with E-state index in [9.17, 15) is 9.90 Å². The Labute approximate surface area is 141 Å².